The molecule has 1 aromatic carbocycles. The number of anilines is 1. The number of carboxylic acid groups (broad SMARTS) is 1. The van der Waals surface area contributed by atoms with Crippen LogP contribution in [0.2, 0.25) is 0 Å². The zero-order chi connectivity index (χ0) is 14.5. The molecule has 2 aromatic rings. The maximum absolute atomic E-state index is 11.1. The summed E-state index contributed by atoms with van der Waals surface area (Å²) in [5.74, 6) is -1.21. The predicted octanol–water partition coefficient (Wildman–Crippen LogP) is 2.04. The minimum atomic E-state index is -1.21. The minimum absolute atomic E-state index is 0.191. The van der Waals surface area contributed by atoms with Gasteiger partial charge in [0.2, 0.25) is 5.71 Å². The molecule has 1 aromatic heterocycles. The Labute approximate surface area is 119 Å². The second kappa shape index (κ2) is 6.16. The van der Waals surface area contributed by atoms with Gasteiger partial charge < -0.3 is 15.7 Å². The van der Waals surface area contributed by atoms with Crippen molar-refractivity contribution in [3.8, 4) is 0 Å². The fourth-order valence-corrected chi connectivity index (χ4v) is 2.00. The lowest BCUT2D eigenvalue weighted by atomic mass is 10.2. The third-order valence-corrected chi connectivity index (χ3v) is 3.15. The highest BCUT2D eigenvalue weighted by atomic mass is 32.1. The van der Waals surface area contributed by atoms with Gasteiger partial charge in [0, 0.05) is 5.38 Å². The molecule has 0 aliphatic heterocycles. The molecule has 0 unspecified atom stereocenters. The maximum Gasteiger partial charge on any atom is 0.360 e. The van der Waals surface area contributed by atoms with Crippen molar-refractivity contribution in [3.05, 3.63) is 46.5 Å². The molecule has 0 spiro atoms. The third-order valence-electron chi connectivity index (χ3n) is 2.47. The first-order valence-electron chi connectivity index (χ1n) is 5.76. The van der Waals surface area contributed by atoms with Crippen LogP contribution < -0.4 is 5.73 Å². The summed E-state index contributed by atoms with van der Waals surface area (Å²) in [6.45, 7) is 2.18. The topological polar surface area (TPSA) is 97.8 Å². The first-order chi connectivity index (χ1) is 9.56. The fourth-order valence-electron chi connectivity index (χ4n) is 1.45. The number of nitrogens with two attached hydrogens (primary N) is 1. The number of hydrogen-bond acceptors (Lipinski definition) is 6. The van der Waals surface area contributed by atoms with Crippen molar-refractivity contribution in [2.75, 3.05) is 5.73 Å². The molecule has 0 atom stereocenters. The second-order valence-corrected chi connectivity index (χ2v) is 4.96. The number of thiazole rings is 1. The summed E-state index contributed by atoms with van der Waals surface area (Å²) in [7, 11) is 0. The summed E-state index contributed by atoms with van der Waals surface area (Å²) >= 11 is 1.15. The van der Waals surface area contributed by atoms with E-state index in [1.807, 2.05) is 31.2 Å². The van der Waals surface area contributed by atoms with Crippen molar-refractivity contribution in [1.82, 2.24) is 4.98 Å². The highest BCUT2D eigenvalue weighted by Crippen LogP contribution is 2.13. The molecular weight excluding hydrogens is 278 g/mol. The van der Waals surface area contributed by atoms with Gasteiger partial charge in [0.1, 0.15) is 12.3 Å². The lowest BCUT2D eigenvalue weighted by Gasteiger charge is -2.02. The van der Waals surface area contributed by atoms with E-state index in [4.69, 9.17) is 15.7 Å². The molecule has 0 aliphatic rings. The van der Waals surface area contributed by atoms with Crippen LogP contribution in [0.1, 0.15) is 16.8 Å². The number of nitrogens with zero attached hydrogens (tertiary/aromatic N) is 2. The van der Waals surface area contributed by atoms with Crippen molar-refractivity contribution in [1.29, 1.82) is 0 Å². The van der Waals surface area contributed by atoms with Crippen LogP contribution in [0.4, 0.5) is 5.13 Å². The lowest BCUT2D eigenvalue weighted by molar-refractivity contribution is -0.129. The average Bonchev–Trinajstić information content (AvgIpc) is 2.82. The molecule has 0 radical (unpaired) electrons. The first kappa shape index (κ1) is 14.0. The number of aliphatic carboxylic acids is 1. The highest BCUT2D eigenvalue weighted by Gasteiger charge is 2.16. The van der Waals surface area contributed by atoms with Gasteiger partial charge in [0.25, 0.3) is 0 Å². The Morgan fingerprint density at radius 2 is 2.15 bits per heavy atom. The van der Waals surface area contributed by atoms with Gasteiger partial charge >= 0.3 is 5.97 Å². The van der Waals surface area contributed by atoms with Gasteiger partial charge in [-0.15, -0.1) is 11.3 Å². The van der Waals surface area contributed by atoms with E-state index in [1.54, 1.807) is 0 Å². The van der Waals surface area contributed by atoms with E-state index in [0.717, 1.165) is 22.5 Å². The zero-order valence-electron chi connectivity index (χ0n) is 10.7. The Kier molecular flexibility index (Phi) is 4.31. The molecule has 20 heavy (non-hydrogen) atoms. The van der Waals surface area contributed by atoms with Gasteiger partial charge in [-0.2, -0.15) is 0 Å². The SMILES string of the molecule is Cc1ccc(CON=C(C(=O)O)c2csc(N)n2)cc1. The fraction of sp³-hybridized carbons (Fsp3) is 0.154. The number of aryl methyl sites for hydroxylation is 1. The number of hydrogen-bond donors (Lipinski definition) is 2. The molecule has 104 valence electrons. The lowest BCUT2D eigenvalue weighted by Crippen LogP contribution is -2.15. The van der Waals surface area contributed by atoms with Crippen molar-refractivity contribution in [2.24, 2.45) is 5.16 Å². The van der Waals surface area contributed by atoms with E-state index in [2.05, 4.69) is 10.1 Å². The summed E-state index contributed by atoms with van der Waals surface area (Å²) in [6, 6.07) is 7.68. The van der Waals surface area contributed by atoms with Crippen LogP contribution in [0.3, 0.4) is 0 Å². The van der Waals surface area contributed by atoms with Crippen LogP contribution in [0, 0.1) is 6.92 Å². The van der Waals surface area contributed by atoms with Gasteiger partial charge in [0.15, 0.2) is 5.13 Å². The molecule has 6 nitrogen and oxygen atoms in total. The van der Waals surface area contributed by atoms with Crippen molar-refractivity contribution in [3.63, 3.8) is 0 Å². The van der Waals surface area contributed by atoms with E-state index in [-0.39, 0.29) is 23.1 Å². The molecule has 2 rings (SSSR count). The molecule has 1 heterocycles. The van der Waals surface area contributed by atoms with Crippen LogP contribution in [0.25, 0.3) is 0 Å². The van der Waals surface area contributed by atoms with Gasteiger partial charge in [0.05, 0.1) is 0 Å². The Bertz CT molecular complexity index is 635. The molecule has 0 bridgehead atoms. The van der Waals surface area contributed by atoms with Crippen LogP contribution in [0.5, 0.6) is 0 Å². The van der Waals surface area contributed by atoms with Gasteiger partial charge in [-0.05, 0) is 12.5 Å². The van der Waals surface area contributed by atoms with Crippen LogP contribution in [-0.2, 0) is 16.2 Å². The average molecular weight is 291 g/mol. The standard InChI is InChI=1S/C13H13N3O3S/c1-8-2-4-9(5-3-8)6-19-16-11(12(17)18)10-7-20-13(14)15-10/h2-5,7H,6H2,1H3,(H2,14,15)(H,17,18). The number of oxime groups is 1. The molecule has 0 fully saturated rings. The Hall–Kier alpha value is -2.41. The number of benzene rings is 1. The number of rotatable bonds is 5. The monoisotopic (exact) mass is 291 g/mol. The minimum Gasteiger partial charge on any atom is -0.476 e. The molecule has 0 aliphatic carbocycles. The molecular formula is C13H13N3O3S. The van der Waals surface area contributed by atoms with Gasteiger partial charge in [-0.1, -0.05) is 35.0 Å². The smallest absolute Gasteiger partial charge is 0.360 e. The summed E-state index contributed by atoms with van der Waals surface area (Å²) < 4.78 is 0. The Morgan fingerprint density at radius 1 is 1.45 bits per heavy atom. The van der Waals surface area contributed by atoms with Crippen LogP contribution in [-0.4, -0.2) is 21.8 Å². The predicted molar refractivity (Wildman–Crippen MR) is 76.7 cm³/mol. The van der Waals surface area contributed by atoms with E-state index < -0.39 is 5.97 Å². The Balaban J connectivity index is 2.07. The second-order valence-electron chi connectivity index (χ2n) is 4.08. The summed E-state index contributed by atoms with van der Waals surface area (Å²) in [6.07, 6.45) is 0. The molecule has 0 amide bonds. The molecule has 7 heteroatoms. The van der Waals surface area contributed by atoms with Gasteiger partial charge in [-0.25, -0.2) is 9.78 Å². The molecule has 3 N–H and O–H groups in total. The zero-order valence-corrected chi connectivity index (χ0v) is 11.6. The largest absolute Gasteiger partial charge is 0.476 e. The number of carbonyl (C=O) groups is 1. The molecule has 0 saturated heterocycles. The van der Waals surface area contributed by atoms with Crippen molar-refractivity contribution in [2.45, 2.75) is 13.5 Å². The first-order valence-corrected chi connectivity index (χ1v) is 6.64. The van der Waals surface area contributed by atoms with Crippen molar-refractivity contribution >= 4 is 28.1 Å². The van der Waals surface area contributed by atoms with Crippen molar-refractivity contribution < 1.29 is 14.7 Å². The Morgan fingerprint density at radius 3 is 2.70 bits per heavy atom. The summed E-state index contributed by atoms with van der Waals surface area (Å²) in [5, 5.41) is 14.5. The maximum atomic E-state index is 11.1. The normalized spacial score (nSPS) is 11.3. The molecule has 0 saturated carbocycles. The summed E-state index contributed by atoms with van der Waals surface area (Å²) in [5.41, 5.74) is 7.45. The summed E-state index contributed by atoms with van der Waals surface area (Å²) in [4.78, 5) is 20.1. The highest BCUT2D eigenvalue weighted by molar-refractivity contribution is 7.13. The number of aromatic nitrogens is 1. The third kappa shape index (κ3) is 3.55. The van der Waals surface area contributed by atoms with E-state index >= 15 is 0 Å². The number of carboxylic acids is 1. The van der Waals surface area contributed by atoms with Gasteiger partial charge in [-0.3, -0.25) is 0 Å². The van der Waals surface area contributed by atoms with Crippen LogP contribution in [0.15, 0.2) is 34.8 Å². The quantitative estimate of drug-likeness (QED) is 0.649. The number of nitrogen functional groups attached to an aromatic ring is 1. The van der Waals surface area contributed by atoms with Crippen LogP contribution >= 0.6 is 11.3 Å². The van der Waals surface area contributed by atoms with E-state index in [1.165, 1.54) is 5.38 Å². The van der Waals surface area contributed by atoms with E-state index in [0.29, 0.717) is 0 Å². The van der Waals surface area contributed by atoms with E-state index in [9.17, 15) is 4.79 Å².